The number of hydrogen-bond donors (Lipinski definition) is 0. The van der Waals surface area contributed by atoms with Gasteiger partial charge in [0.2, 0.25) is 0 Å². The first-order chi connectivity index (χ1) is 8.89. The van der Waals surface area contributed by atoms with Crippen LogP contribution in [0.15, 0.2) is 9.59 Å². The Balaban J connectivity index is 2.13. The molecule has 0 N–H and O–H groups in total. The van der Waals surface area contributed by atoms with E-state index in [0.717, 1.165) is 37.0 Å². The predicted molar refractivity (Wildman–Crippen MR) is 74.4 cm³/mol. The van der Waals surface area contributed by atoms with Crippen molar-refractivity contribution in [3.05, 3.63) is 16.5 Å². The van der Waals surface area contributed by atoms with E-state index in [2.05, 4.69) is 0 Å². The van der Waals surface area contributed by atoms with Gasteiger partial charge < -0.3 is 4.74 Å². The molecular weight excluding hydrogens is 308 g/mol. The first kappa shape index (κ1) is 14.8. The molecule has 1 heterocycles. The first-order valence-corrected chi connectivity index (χ1v) is 9.32. The van der Waals surface area contributed by atoms with E-state index in [4.69, 9.17) is 15.4 Å². The Hall–Kier alpha value is -0.590. The Morgan fingerprint density at radius 2 is 2.00 bits per heavy atom. The summed E-state index contributed by atoms with van der Waals surface area (Å²) in [4.78, 5) is 12.0. The van der Waals surface area contributed by atoms with Crippen LogP contribution in [0.2, 0.25) is 0 Å². The molecule has 1 aliphatic rings. The summed E-state index contributed by atoms with van der Waals surface area (Å²) in [5.41, 5.74) is 0.676. The number of rotatable bonds is 3. The van der Waals surface area contributed by atoms with Crippen molar-refractivity contribution >= 4 is 37.0 Å². The third-order valence-corrected chi connectivity index (χ3v) is 6.57. The number of halogens is 1. The SMILES string of the molecule is Cc1c(C(=O)OC2CCCCC2)csc1S(=O)(=O)Cl. The molecule has 0 spiro atoms. The highest BCUT2D eigenvalue weighted by atomic mass is 35.7. The zero-order chi connectivity index (χ0) is 14.0. The van der Waals surface area contributed by atoms with Crippen LogP contribution in [-0.4, -0.2) is 20.5 Å². The second-order valence-electron chi connectivity index (χ2n) is 4.67. The highest BCUT2D eigenvalue weighted by Crippen LogP contribution is 2.30. The van der Waals surface area contributed by atoms with E-state index in [0.29, 0.717) is 11.1 Å². The summed E-state index contributed by atoms with van der Waals surface area (Å²) in [5, 5.41) is 1.50. The number of carbonyl (C=O) groups is 1. The van der Waals surface area contributed by atoms with Gasteiger partial charge in [-0.05, 0) is 38.2 Å². The molecule has 0 atom stereocenters. The molecule has 0 amide bonds. The van der Waals surface area contributed by atoms with Crippen molar-refractivity contribution < 1.29 is 17.9 Å². The van der Waals surface area contributed by atoms with E-state index in [-0.39, 0.29) is 10.3 Å². The van der Waals surface area contributed by atoms with Crippen LogP contribution in [-0.2, 0) is 13.8 Å². The Kier molecular flexibility index (Phi) is 4.53. The summed E-state index contributed by atoms with van der Waals surface area (Å²) in [6, 6.07) is 0. The number of ether oxygens (including phenoxy) is 1. The van der Waals surface area contributed by atoms with Crippen molar-refractivity contribution in [1.82, 2.24) is 0 Å². The van der Waals surface area contributed by atoms with Gasteiger partial charge in [-0.1, -0.05) is 6.42 Å². The normalized spacial score (nSPS) is 17.4. The molecule has 0 radical (unpaired) electrons. The lowest BCUT2D eigenvalue weighted by molar-refractivity contribution is 0.0211. The minimum Gasteiger partial charge on any atom is -0.459 e. The van der Waals surface area contributed by atoms with Gasteiger partial charge in [0.05, 0.1) is 5.56 Å². The summed E-state index contributed by atoms with van der Waals surface area (Å²) in [5.74, 6) is -0.452. The van der Waals surface area contributed by atoms with Gasteiger partial charge >= 0.3 is 5.97 Å². The van der Waals surface area contributed by atoms with Crippen LogP contribution in [0.25, 0.3) is 0 Å². The van der Waals surface area contributed by atoms with Gasteiger partial charge in [-0.25, -0.2) is 13.2 Å². The maximum absolute atomic E-state index is 12.0. The average Bonchev–Trinajstić information content (AvgIpc) is 2.72. The van der Waals surface area contributed by atoms with Crippen LogP contribution < -0.4 is 0 Å². The molecule has 1 aromatic rings. The summed E-state index contributed by atoms with van der Waals surface area (Å²) in [7, 11) is 1.51. The molecule has 0 unspecified atom stereocenters. The Labute approximate surface area is 121 Å². The fourth-order valence-electron chi connectivity index (χ4n) is 2.24. The van der Waals surface area contributed by atoms with Crippen LogP contribution in [0, 0.1) is 6.92 Å². The third kappa shape index (κ3) is 3.49. The number of thiophene rings is 1. The molecule has 0 aromatic carbocycles. The highest BCUT2D eigenvalue weighted by Gasteiger charge is 2.25. The maximum atomic E-state index is 12.0. The topological polar surface area (TPSA) is 60.4 Å². The lowest BCUT2D eigenvalue weighted by Crippen LogP contribution is -2.21. The molecule has 0 saturated heterocycles. The first-order valence-electron chi connectivity index (χ1n) is 6.13. The highest BCUT2D eigenvalue weighted by molar-refractivity contribution is 8.15. The van der Waals surface area contributed by atoms with Crippen molar-refractivity contribution in [1.29, 1.82) is 0 Å². The third-order valence-electron chi connectivity index (χ3n) is 3.26. The standard InChI is InChI=1S/C12H15ClO4S2/c1-8-10(7-18-12(8)19(13,15)16)11(14)17-9-5-3-2-4-6-9/h7,9H,2-6H2,1H3. The van der Waals surface area contributed by atoms with Crippen LogP contribution in [0.3, 0.4) is 0 Å². The van der Waals surface area contributed by atoms with Crippen LogP contribution >= 0.6 is 22.0 Å². The molecule has 1 aromatic heterocycles. The smallest absolute Gasteiger partial charge is 0.339 e. The van der Waals surface area contributed by atoms with Crippen molar-refractivity contribution in [2.24, 2.45) is 0 Å². The van der Waals surface area contributed by atoms with Gasteiger partial charge in [-0.2, -0.15) is 0 Å². The Morgan fingerprint density at radius 3 is 2.53 bits per heavy atom. The maximum Gasteiger partial charge on any atom is 0.339 e. The molecule has 4 nitrogen and oxygen atoms in total. The van der Waals surface area contributed by atoms with Gasteiger partial charge in [-0.3, -0.25) is 0 Å². The predicted octanol–water partition coefficient (Wildman–Crippen LogP) is 3.47. The van der Waals surface area contributed by atoms with Gasteiger partial charge in [0.1, 0.15) is 10.3 Å². The van der Waals surface area contributed by atoms with Crippen molar-refractivity contribution in [2.75, 3.05) is 0 Å². The van der Waals surface area contributed by atoms with Crippen LogP contribution in [0.4, 0.5) is 0 Å². The minimum absolute atomic E-state index is 0.0183. The lowest BCUT2D eigenvalue weighted by Gasteiger charge is -2.21. The molecule has 0 aliphatic heterocycles. The molecule has 7 heteroatoms. The average molecular weight is 323 g/mol. The largest absolute Gasteiger partial charge is 0.459 e. The monoisotopic (exact) mass is 322 g/mol. The summed E-state index contributed by atoms with van der Waals surface area (Å²) >= 11 is 0.953. The molecule has 2 rings (SSSR count). The van der Waals surface area contributed by atoms with Crippen LogP contribution in [0.5, 0.6) is 0 Å². The summed E-state index contributed by atoms with van der Waals surface area (Å²) < 4.78 is 28.0. The zero-order valence-electron chi connectivity index (χ0n) is 10.5. The van der Waals surface area contributed by atoms with E-state index >= 15 is 0 Å². The fraction of sp³-hybridized carbons (Fsp3) is 0.583. The van der Waals surface area contributed by atoms with Gasteiger partial charge in [0, 0.05) is 16.1 Å². The Bertz CT molecular complexity index is 571. The molecule has 1 fully saturated rings. The van der Waals surface area contributed by atoms with Crippen molar-refractivity contribution in [3.8, 4) is 0 Å². The van der Waals surface area contributed by atoms with Gasteiger partial charge in [-0.15, -0.1) is 11.3 Å². The number of carbonyl (C=O) groups excluding carboxylic acids is 1. The van der Waals surface area contributed by atoms with Gasteiger partial charge in [0.15, 0.2) is 0 Å². The van der Waals surface area contributed by atoms with Crippen molar-refractivity contribution in [3.63, 3.8) is 0 Å². The van der Waals surface area contributed by atoms with E-state index in [1.54, 1.807) is 6.92 Å². The number of esters is 1. The van der Waals surface area contributed by atoms with E-state index in [1.165, 1.54) is 11.8 Å². The zero-order valence-corrected chi connectivity index (χ0v) is 12.9. The quantitative estimate of drug-likeness (QED) is 0.631. The second kappa shape index (κ2) is 5.81. The molecular formula is C12H15ClO4S2. The molecule has 0 bridgehead atoms. The summed E-state index contributed by atoms with van der Waals surface area (Å²) in [6.07, 6.45) is 5.05. The number of hydrogen-bond acceptors (Lipinski definition) is 5. The second-order valence-corrected chi connectivity index (χ2v) is 8.31. The van der Waals surface area contributed by atoms with Crippen LogP contribution in [0.1, 0.15) is 48.0 Å². The Morgan fingerprint density at radius 1 is 1.37 bits per heavy atom. The van der Waals surface area contributed by atoms with Gasteiger partial charge in [0.25, 0.3) is 9.05 Å². The summed E-state index contributed by atoms with van der Waals surface area (Å²) in [6.45, 7) is 1.57. The van der Waals surface area contributed by atoms with E-state index in [1.807, 2.05) is 0 Å². The lowest BCUT2D eigenvalue weighted by atomic mass is 9.98. The molecule has 106 valence electrons. The molecule has 1 aliphatic carbocycles. The minimum atomic E-state index is -3.80. The van der Waals surface area contributed by atoms with E-state index in [9.17, 15) is 13.2 Å². The fourth-order valence-corrected chi connectivity index (χ4v) is 4.78. The van der Waals surface area contributed by atoms with E-state index < -0.39 is 15.0 Å². The molecule has 1 saturated carbocycles. The molecule has 19 heavy (non-hydrogen) atoms. The van der Waals surface area contributed by atoms with Crippen molar-refractivity contribution in [2.45, 2.75) is 49.3 Å².